The number of rotatable bonds is 13. The molecule has 0 radical (unpaired) electrons. The molecule has 1 N–H and O–H groups in total. The summed E-state index contributed by atoms with van der Waals surface area (Å²) in [4.78, 5) is 43.1. The van der Waals surface area contributed by atoms with Crippen LogP contribution in [0.1, 0.15) is 96.6 Å². The van der Waals surface area contributed by atoms with Crippen LogP contribution < -0.4 is 10.4 Å². The van der Waals surface area contributed by atoms with Gasteiger partial charge in [0.2, 0.25) is 0 Å². The van der Waals surface area contributed by atoms with E-state index in [2.05, 4.69) is 84.9 Å². The van der Waals surface area contributed by atoms with Crippen molar-refractivity contribution in [1.82, 2.24) is 0 Å². The summed E-state index contributed by atoms with van der Waals surface area (Å²) in [7, 11) is 1.58. The number of esters is 2. The van der Waals surface area contributed by atoms with Crippen molar-refractivity contribution >= 4 is 22.9 Å². The standard InChI is InChI=1S/C57H60O9/c1-38(37-58)48-27-25-40-19-21-43(22-20-40)34-45(24-23-42-16-10-17-44(33-42)32-41-14-8-5-9-15-41)35-50(59)63-53-51-49(28-26-46-36-47(29-31-62-3)55(60)64-52(46)51)66-57(2,54(53)65-56(48)61)30-11-18-39-12-6-4-7-13-39/h4-10,12-17,19-22,26,28,33,36,45,53-54,58H,11,18,23-25,27,29-32,34-35,37H2,1-3H3. The highest BCUT2D eigenvalue weighted by Crippen LogP contribution is 2.49. The lowest BCUT2D eigenvalue weighted by Gasteiger charge is -2.45. The third-order valence-corrected chi connectivity index (χ3v) is 13.3. The lowest BCUT2D eigenvalue weighted by molar-refractivity contribution is -0.192. The number of fused-ring (bicyclic) bond motifs is 13. The van der Waals surface area contributed by atoms with Gasteiger partial charge in [0, 0.05) is 36.5 Å². The summed E-state index contributed by atoms with van der Waals surface area (Å²) in [6.07, 6.45) is 3.73. The van der Waals surface area contributed by atoms with Crippen LogP contribution in [0.5, 0.6) is 5.75 Å². The summed E-state index contributed by atoms with van der Waals surface area (Å²) in [5.74, 6) is -0.813. The van der Waals surface area contributed by atoms with E-state index in [-0.39, 0.29) is 24.5 Å². The number of aliphatic hydroxyl groups is 1. The van der Waals surface area contributed by atoms with Crippen molar-refractivity contribution in [3.8, 4) is 5.75 Å². The minimum absolute atomic E-state index is 0.0915. The second-order valence-electron chi connectivity index (χ2n) is 18.2. The molecule has 0 aliphatic carbocycles. The quantitative estimate of drug-likeness (QED) is 0.0686. The molecule has 4 atom stereocenters. The first-order chi connectivity index (χ1) is 32.1. The van der Waals surface area contributed by atoms with Gasteiger partial charge in [0.1, 0.15) is 16.9 Å². The molecule has 3 aliphatic heterocycles. The van der Waals surface area contributed by atoms with Crippen LogP contribution in [0.2, 0.25) is 0 Å². The first-order valence-corrected chi connectivity index (χ1v) is 23.3. The van der Waals surface area contributed by atoms with Crippen LogP contribution in [0.25, 0.3) is 11.0 Å². The van der Waals surface area contributed by atoms with Crippen molar-refractivity contribution in [3.05, 3.63) is 193 Å². The Balaban J connectivity index is 1.19. The molecule has 342 valence electrons. The Morgan fingerprint density at radius 1 is 0.742 bits per heavy atom. The number of hydrogen-bond donors (Lipinski definition) is 1. The highest BCUT2D eigenvalue weighted by Gasteiger charge is 2.52. The Labute approximate surface area is 387 Å². The topological polar surface area (TPSA) is 122 Å². The smallest absolute Gasteiger partial charge is 0.339 e. The van der Waals surface area contributed by atoms with E-state index in [1.165, 1.54) is 16.7 Å². The number of aliphatic hydroxyl groups excluding tert-OH is 1. The van der Waals surface area contributed by atoms with Gasteiger partial charge in [-0.15, -0.1) is 0 Å². The Morgan fingerprint density at radius 2 is 1.45 bits per heavy atom. The number of carbonyl (C=O) groups excluding carboxylic acids is 2. The lowest BCUT2D eigenvalue weighted by atomic mass is 9.82. The number of aryl methyl sites for hydroxylation is 3. The summed E-state index contributed by atoms with van der Waals surface area (Å²) in [6, 6.07) is 43.0. The second-order valence-corrected chi connectivity index (χ2v) is 18.2. The first kappa shape index (κ1) is 46.2. The maximum Gasteiger partial charge on any atom is 0.339 e. The van der Waals surface area contributed by atoms with Gasteiger partial charge in [-0.1, -0.05) is 109 Å². The predicted molar refractivity (Wildman–Crippen MR) is 256 cm³/mol. The van der Waals surface area contributed by atoms with Gasteiger partial charge in [-0.2, -0.15) is 0 Å². The van der Waals surface area contributed by atoms with E-state index in [1.54, 1.807) is 20.1 Å². The minimum atomic E-state index is -1.21. The molecule has 66 heavy (non-hydrogen) atoms. The molecule has 4 heterocycles. The summed E-state index contributed by atoms with van der Waals surface area (Å²) in [5.41, 5.74) is 7.04. The molecule has 6 aromatic rings. The van der Waals surface area contributed by atoms with E-state index in [1.807, 2.05) is 43.3 Å². The highest BCUT2D eigenvalue weighted by atomic mass is 16.6. The molecule has 4 unspecified atom stereocenters. The highest BCUT2D eigenvalue weighted by molar-refractivity contribution is 5.90. The Hall–Kier alpha value is -6.29. The van der Waals surface area contributed by atoms with Gasteiger partial charge in [0.05, 0.1) is 18.8 Å². The maximum atomic E-state index is 14.8. The van der Waals surface area contributed by atoms with Gasteiger partial charge in [0.25, 0.3) is 0 Å². The van der Waals surface area contributed by atoms with E-state index < -0.39 is 35.4 Å². The molecule has 0 amide bonds. The maximum absolute atomic E-state index is 14.8. The SMILES string of the molecule is COCCc1cc2ccc3c(c2oc1=O)C1OC(=O)CC(CCc2cccc(Cc4ccccc4)c2)Cc2ccc(cc2)CCC(=C(C)CO)C(=O)OC1C(C)(CCCc1ccccc1)O3. The van der Waals surface area contributed by atoms with E-state index in [0.29, 0.717) is 78.5 Å². The van der Waals surface area contributed by atoms with Crippen molar-refractivity contribution in [2.75, 3.05) is 20.3 Å². The van der Waals surface area contributed by atoms with Gasteiger partial charge < -0.3 is 28.5 Å². The molecule has 0 saturated carbocycles. The van der Waals surface area contributed by atoms with E-state index >= 15 is 0 Å². The number of ether oxygens (including phenoxy) is 4. The van der Waals surface area contributed by atoms with Gasteiger partial charge in [0.15, 0.2) is 12.2 Å². The van der Waals surface area contributed by atoms with Gasteiger partial charge in [-0.3, -0.25) is 4.79 Å². The Bertz CT molecular complexity index is 2700. The fourth-order valence-electron chi connectivity index (χ4n) is 9.56. The predicted octanol–water partition coefficient (Wildman–Crippen LogP) is 10.4. The molecule has 0 fully saturated rings. The zero-order valence-corrected chi connectivity index (χ0v) is 38.3. The summed E-state index contributed by atoms with van der Waals surface area (Å²) in [6.45, 7) is 3.62. The lowest BCUT2D eigenvalue weighted by Crippen LogP contribution is -2.54. The molecular weight excluding hydrogens is 829 g/mol. The normalized spacial score (nSPS) is 20.8. The van der Waals surface area contributed by atoms with Crippen LogP contribution in [0.3, 0.4) is 0 Å². The number of benzene rings is 5. The average Bonchev–Trinajstić information content (AvgIpc) is 3.32. The zero-order chi connectivity index (χ0) is 46.0. The van der Waals surface area contributed by atoms with E-state index in [0.717, 1.165) is 42.4 Å². The first-order valence-electron chi connectivity index (χ1n) is 23.3. The Morgan fingerprint density at radius 3 is 2.20 bits per heavy atom. The molecule has 9 heteroatoms. The molecule has 5 aromatic carbocycles. The monoisotopic (exact) mass is 888 g/mol. The van der Waals surface area contributed by atoms with Crippen molar-refractivity contribution in [1.29, 1.82) is 0 Å². The third kappa shape index (κ3) is 11.2. The minimum Gasteiger partial charge on any atom is -0.483 e. The molecule has 9 rings (SSSR count). The van der Waals surface area contributed by atoms with Crippen molar-refractivity contribution in [2.45, 2.75) is 102 Å². The van der Waals surface area contributed by atoms with Crippen LogP contribution >= 0.6 is 0 Å². The molecular formula is C57H60O9. The van der Waals surface area contributed by atoms with Crippen LogP contribution in [0, 0.1) is 5.92 Å². The van der Waals surface area contributed by atoms with Crippen molar-refractivity contribution in [3.63, 3.8) is 0 Å². The van der Waals surface area contributed by atoms with Crippen molar-refractivity contribution in [2.24, 2.45) is 5.92 Å². The van der Waals surface area contributed by atoms with Gasteiger partial charge in [-0.25, -0.2) is 9.59 Å². The number of carbonyl (C=O) groups is 2. The molecule has 3 aliphatic rings. The molecule has 0 spiro atoms. The zero-order valence-electron chi connectivity index (χ0n) is 38.3. The van der Waals surface area contributed by atoms with Crippen molar-refractivity contribution < 1.29 is 38.1 Å². The Kier molecular flexibility index (Phi) is 15.0. The fraction of sp³-hybridized carbons (Fsp3) is 0.351. The average molecular weight is 889 g/mol. The summed E-state index contributed by atoms with van der Waals surface area (Å²) < 4.78 is 31.7. The number of methoxy groups -OCH3 is 1. The molecule has 0 saturated heterocycles. The molecule has 9 nitrogen and oxygen atoms in total. The van der Waals surface area contributed by atoms with Gasteiger partial charge in [-0.05, 0) is 135 Å². The van der Waals surface area contributed by atoms with Crippen LogP contribution in [-0.2, 0) is 62.3 Å². The van der Waals surface area contributed by atoms with Gasteiger partial charge >= 0.3 is 17.6 Å². The van der Waals surface area contributed by atoms with E-state index in [4.69, 9.17) is 23.4 Å². The largest absolute Gasteiger partial charge is 0.483 e. The van der Waals surface area contributed by atoms with E-state index in [9.17, 15) is 19.5 Å². The van der Waals surface area contributed by atoms with Crippen LogP contribution in [0.15, 0.2) is 148 Å². The summed E-state index contributed by atoms with van der Waals surface area (Å²) in [5, 5.41) is 11.0. The molecule has 2 bridgehead atoms. The summed E-state index contributed by atoms with van der Waals surface area (Å²) >= 11 is 0. The fourth-order valence-corrected chi connectivity index (χ4v) is 9.56. The van der Waals surface area contributed by atoms with Crippen LogP contribution in [0.4, 0.5) is 0 Å². The number of hydrogen-bond acceptors (Lipinski definition) is 9. The molecule has 1 aromatic heterocycles. The third-order valence-electron chi connectivity index (χ3n) is 13.3. The van der Waals surface area contributed by atoms with Crippen LogP contribution in [-0.4, -0.2) is 49.1 Å². The second kappa shape index (κ2) is 21.3.